The van der Waals surface area contributed by atoms with Crippen LogP contribution < -0.4 is 5.73 Å². The summed E-state index contributed by atoms with van der Waals surface area (Å²) >= 11 is 0. The van der Waals surface area contributed by atoms with Crippen LogP contribution in [0, 0.1) is 0 Å². The van der Waals surface area contributed by atoms with Gasteiger partial charge in [-0.05, 0) is 12.8 Å². The number of carboxylic acids is 1. The number of carboxylic acid groups (broad SMARTS) is 1. The zero-order chi connectivity index (χ0) is 6.20. The second-order valence-electron chi connectivity index (χ2n) is 2.35. The van der Waals surface area contributed by atoms with Crippen LogP contribution in [-0.4, -0.2) is 16.6 Å². The molecule has 3 nitrogen and oxygen atoms in total. The summed E-state index contributed by atoms with van der Waals surface area (Å²) < 4.78 is 0. The fraction of sp³-hybridized carbons (Fsp3) is 0.800. The van der Waals surface area contributed by atoms with Crippen LogP contribution in [0.3, 0.4) is 0 Å². The molecule has 0 saturated heterocycles. The Labute approximate surface area is 47.5 Å². The van der Waals surface area contributed by atoms with Gasteiger partial charge in [-0.1, -0.05) is 0 Å². The molecule has 0 amide bonds. The van der Waals surface area contributed by atoms with Crippen molar-refractivity contribution in [1.29, 1.82) is 0 Å². The maximum absolute atomic E-state index is 9.93. The molecule has 0 atom stereocenters. The Morgan fingerprint density at radius 2 is 2.25 bits per heavy atom. The molecule has 0 aromatic carbocycles. The first kappa shape index (κ1) is 5.56. The zero-order valence-corrected chi connectivity index (χ0v) is 4.48. The van der Waals surface area contributed by atoms with E-state index in [2.05, 4.69) is 0 Å². The van der Waals surface area contributed by atoms with E-state index in [-0.39, 0.29) is 6.42 Å². The van der Waals surface area contributed by atoms with Crippen LogP contribution in [0.2, 0.25) is 0 Å². The number of rotatable bonds is 2. The topological polar surface area (TPSA) is 61.1 Å². The third-order valence-corrected chi connectivity index (χ3v) is 1.34. The summed E-state index contributed by atoms with van der Waals surface area (Å²) in [6.07, 6.45) is 1.55. The van der Waals surface area contributed by atoms with Gasteiger partial charge in [0.2, 0.25) is 0 Å². The molecule has 3 heteroatoms. The lowest BCUT2D eigenvalue weighted by Gasteiger charge is -1.98. The molecule has 1 aliphatic carbocycles. The number of nitrogens with one attached hydrogen (secondary N) is 1. The summed E-state index contributed by atoms with van der Waals surface area (Å²) in [5.41, 5.74) is 6.61. The molecular weight excluding hydrogens is 106 g/mol. The Kier molecular flexibility index (Phi) is 1.01. The van der Waals surface area contributed by atoms with Crippen LogP contribution in [0.25, 0.3) is 0 Å². The largest absolute Gasteiger partial charge is 0.481 e. The first-order valence-electron chi connectivity index (χ1n) is 2.59. The van der Waals surface area contributed by atoms with Crippen LogP contribution >= 0.6 is 0 Å². The number of aliphatic carboxylic acids is 1. The van der Waals surface area contributed by atoms with Crippen LogP contribution in [0.15, 0.2) is 0 Å². The zero-order valence-electron chi connectivity index (χ0n) is 4.48. The van der Waals surface area contributed by atoms with Crippen molar-refractivity contribution < 1.29 is 9.90 Å². The van der Waals surface area contributed by atoms with E-state index in [1.54, 1.807) is 0 Å². The fourth-order valence-corrected chi connectivity index (χ4v) is 0.617. The van der Waals surface area contributed by atoms with Crippen LogP contribution in [0.1, 0.15) is 19.3 Å². The summed E-state index contributed by atoms with van der Waals surface area (Å²) in [5.74, 6) is -0.850. The van der Waals surface area contributed by atoms with Gasteiger partial charge >= 0.3 is 5.97 Å². The predicted molar refractivity (Wildman–Crippen MR) is 27.3 cm³/mol. The summed E-state index contributed by atoms with van der Waals surface area (Å²) in [6, 6.07) is 0. The highest BCUT2D eigenvalue weighted by Crippen LogP contribution is 2.37. The quantitative estimate of drug-likeness (QED) is 0.560. The van der Waals surface area contributed by atoms with Gasteiger partial charge in [0.05, 0.1) is 6.42 Å². The van der Waals surface area contributed by atoms with Gasteiger partial charge in [0, 0.05) is 5.54 Å². The van der Waals surface area contributed by atoms with Crippen molar-refractivity contribution in [3.63, 3.8) is 0 Å². The molecular formula is C5H8NO2. The van der Waals surface area contributed by atoms with Gasteiger partial charge in [0.25, 0.3) is 0 Å². The fourth-order valence-electron chi connectivity index (χ4n) is 0.617. The lowest BCUT2D eigenvalue weighted by atomic mass is 10.2. The molecule has 8 heavy (non-hydrogen) atoms. The normalized spacial score (nSPS) is 22.6. The minimum atomic E-state index is -0.850. The van der Waals surface area contributed by atoms with E-state index in [4.69, 9.17) is 10.8 Å². The summed E-state index contributed by atoms with van der Waals surface area (Å²) in [7, 11) is 0. The Hall–Kier alpha value is -0.570. The van der Waals surface area contributed by atoms with Crippen molar-refractivity contribution in [1.82, 2.24) is 5.73 Å². The van der Waals surface area contributed by atoms with E-state index in [1.165, 1.54) is 0 Å². The summed E-state index contributed by atoms with van der Waals surface area (Å²) in [4.78, 5) is 9.93. The molecule has 0 aliphatic heterocycles. The van der Waals surface area contributed by atoms with Gasteiger partial charge in [-0.25, -0.2) is 0 Å². The maximum Gasteiger partial charge on any atom is 0.305 e. The molecule has 45 valence electrons. The van der Waals surface area contributed by atoms with Crippen molar-refractivity contribution in [2.45, 2.75) is 24.8 Å². The highest BCUT2D eigenvalue weighted by molar-refractivity contribution is 5.69. The predicted octanol–water partition coefficient (Wildman–Crippen LogP) is 0.277. The molecule has 0 aromatic heterocycles. The third-order valence-electron chi connectivity index (χ3n) is 1.34. The van der Waals surface area contributed by atoms with Gasteiger partial charge in [-0.2, -0.15) is 0 Å². The minimum Gasteiger partial charge on any atom is -0.481 e. The Bertz CT molecular complexity index is 118. The third kappa shape index (κ3) is 1.20. The molecule has 1 saturated carbocycles. The second kappa shape index (κ2) is 1.45. The van der Waals surface area contributed by atoms with Crippen molar-refractivity contribution in [2.75, 3.05) is 0 Å². The molecule has 2 N–H and O–H groups in total. The molecule has 0 spiro atoms. The maximum atomic E-state index is 9.93. The second-order valence-corrected chi connectivity index (χ2v) is 2.35. The van der Waals surface area contributed by atoms with E-state index < -0.39 is 11.5 Å². The average molecular weight is 114 g/mol. The van der Waals surface area contributed by atoms with Gasteiger partial charge in [-0.3, -0.25) is 10.5 Å². The SMILES string of the molecule is [NH]C1(CC(=O)O)CC1. The average Bonchev–Trinajstić information content (AvgIpc) is 2.17. The molecule has 0 unspecified atom stereocenters. The molecule has 0 bridgehead atoms. The van der Waals surface area contributed by atoms with Crippen LogP contribution in [-0.2, 0) is 4.79 Å². The van der Waals surface area contributed by atoms with Gasteiger partial charge < -0.3 is 5.11 Å². The van der Waals surface area contributed by atoms with E-state index in [9.17, 15) is 4.79 Å². The van der Waals surface area contributed by atoms with E-state index in [1.807, 2.05) is 0 Å². The number of hydrogen-bond donors (Lipinski definition) is 1. The molecule has 1 aliphatic rings. The van der Waals surface area contributed by atoms with Crippen LogP contribution in [0.4, 0.5) is 0 Å². The van der Waals surface area contributed by atoms with E-state index in [0.29, 0.717) is 0 Å². The number of hydrogen-bond acceptors (Lipinski definition) is 1. The van der Waals surface area contributed by atoms with Crippen molar-refractivity contribution in [3.8, 4) is 0 Å². The molecule has 1 rings (SSSR count). The first-order chi connectivity index (χ1) is 3.62. The smallest absolute Gasteiger partial charge is 0.305 e. The highest BCUT2D eigenvalue weighted by atomic mass is 16.4. The lowest BCUT2D eigenvalue weighted by Crippen LogP contribution is -2.15. The molecule has 0 aromatic rings. The summed E-state index contributed by atoms with van der Waals surface area (Å²) in [6.45, 7) is 0. The Morgan fingerprint density at radius 3 is 2.38 bits per heavy atom. The van der Waals surface area contributed by atoms with Crippen molar-refractivity contribution >= 4 is 5.97 Å². The summed E-state index contributed by atoms with van der Waals surface area (Å²) in [5, 5.41) is 8.17. The number of carbonyl (C=O) groups is 1. The molecule has 0 heterocycles. The standard InChI is InChI=1S/C5H8NO2/c6-5(1-2-5)3-4(7)8/h6H,1-3H2,(H,7,8). The molecule has 1 fully saturated rings. The Balaban J connectivity index is 2.29. The van der Waals surface area contributed by atoms with Crippen molar-refractivity contribution in [2.24, 2.45) is 0 Å². The van der Waals surface area contributed by atoms with Gasteiger partial charge in [0.1, 0.15) is 0 Å². The van der Waals surface area contributed by atoms with Gasteiger partial charge in [-0.15, -0.1) is 0 Å². The molecule has 1 radical (unpaired) electrons. The van der Waals surface area contributed by atoms with Gasteiger partial charge in [0.15, 0.2) is 0 Å². The van der Waals surface area contributed by atoms with E-state index in [0.717, 1.165) is 12.8 Å². The monoisotopic (exact) mass is 114 g/mol. The first-order valence-corrected chi connectivity index (χ1v) is 2.59. The minimum absolute atomic E-state index is 0.0208. The highest BCUT2D eigenvalue weighted by Gasteiger charge is 2.41. The van der Waals surface area contributed by atoms with E-state index >= 15 is 0 Å². The van der Waals surface area contributed by atoms with Crippen molar-refractivity contribution in [3.05, 3.63) is 0 Å². The Morgan fingerprint density at radius 1 is 1.75 bits per heavy atom. The lowest BCUT2D eigenvalue weighted by molar-refractivity contribution is -0.137. The van der Waals surface area contributed by atoms with Crippen LogP contribution in [0.5, 0.6) is 0 Å².